The summed E-state index contributed by atoms with van der Waals surface area (Å²) in [7, 11) is 0. The van der Waals surface area contributed by atoms with Gasteiger partial charge in [0.05, 0.1) is 6.20 Å². The molecule has 0 spiro atoms. The zero-order valence-corrected chi connectivity index (χ0v) is 6.72. The number of hydrogen-bond donors (Lipinski definition) is 2. The minimum Gasteiger partial charge on any atom is -0.369 e. The van der Waals surface area contributed by atoms with Crippen molar-refractivity contribution < 1.29 is 0 Å². The number of nitrogen functional groups attached to an aromatic ring is 1. The summed E-state index contributed by atoms with van der Waals surface area (Å²) in [5.41, 5.74) is 7.02. The summed E-state index contributed by atoms with van der Waals surface area (Å²) in [5.74, 6) is 0.535. The monoisotopic (exact) mass is 151 g/mol. The number of imidazole rings is 1. The average molecular weight is 151 g/mol. The van der Waals surface area contributed by atoms with Gasteiger partial charge >= 0.3 is 0 Å². The maximum Gasteiger partial charge on any atom is 0.197 e. The summed E-state index contributed by atoms with van der Waals surface area (Å²) < 4.78 is 0. The lowest BCUT2D eigenvalue weighted by Gasteiger charge is -2.37. The number of nitrogens with two attached hydrogens (primary N) is 1. The first kappa shape index (κ1) is 6.70. The van der Waals surface area contributed by atoms with Crippen LogP contribution in [0.3, 0.4) is 0 Å². The molecule has 1 aromatic heterocycles. The number of nitrogens with zero attached hydrogens (tertiary/aromatic N) is 1. The van der Waals surface area contributed by atoms with Gasteiger partial charge in [0.1, 0.15) is 0 Å². The molecule has 0 amide bonds. The van der Waals surface area contributed by atoms with E-state index in [9.17, 15) is 0 Å². The summed E-state index contributed by atoms with van der Waals surface area (Å²) in [6.07, 6.45) is 5.70. The van der Waals surface area contributed by atoms with Crippen molar-refractivity contribution in [3.05, 3.63) is 11.9 Å². The van der Waals surface area contributed by atoms with Crippen LogP contribution in [0.5, 0.6) is 0 Å². The van der Waals surface area contributed by atoms with Crippen LogP contribution in [0.1, 0.15) is 31.9 Å². The van der Waals surface area contributed by atoms with Gasteiger partial charge in [-0.25, -0.2) is 4.98 Å². The third-order valence-corrected chi connectivity index (χ3v) is 2.70. The van der Waals surface area contributed by atoms with Crippen molar-refractivity contribution in [3.63, 3.8) is 0 Å². The van der Waals surface area contributed by atoms with Gasteiger partial charge in [-0.3, -0.25) is 0 Å². The van der Waals surface area contributed by atoms with E-state index in [1.165, 1.54) is 25.0 Å². The molecule has 1 aliphatic rings. The second-order valence-electron chi connectivity index (χ2n) is 3.60. The highest BCUT2D eigenvalue weighted by Crippen LogP contribution is 2.42. The molecule has 0 bridgehead atoms. The average Bonchev–Trinajstić information content (AvgIpc) is 2.31. The van der Waals surface area contributed by atoms with Gasteiger partial charge in [-0.2, -0.15) is 0 Å². The molecular weight excluding hydrogens is 138 g/mol. The zero-order chi connectivity index (χ0) is 7.90. The minimum atomic E-state index is 0.338. The molecule has 1 saturated carbocycles. The molecule has 0 unspecified atom stereocenters. The van der Waals surface area contributed by atoms with Crippen LogP contribution < -0.4 is 5.73 Å². The molecule has 0 atom stereocenters. The van der Waals surface area contributed by atoms with Crippen LogP contribution in [-0.4, -0.2) is 9.97 Å². The van der Waals surface area contributed by atoms with Crippen molar-refractivity contribution >= 4 is 5.95 Å². The summed E-state index contributed by atoms with van der Waals surface area (Å²) in [6.45, 7) is 2.25. The number of H-pyrrole nitrogens is 1. The predicted molar refractivity (Wildman–Crippen MR) is 44.2 cm³/mol. The summed E-state index contributed by atoms with van der Waals surface area (Å²) in [6, 6.07) is 0. The molecule has 3 nitrogen and oxygen atoms in total. The van der Waals surface area contributed by atoms with Crippen LogP contribution in [0, 0.1) is 0 Å². The van der Waals surface area contributed by atoms with Gasteiger partial charge < -0.3 is 10.7 Å². The van der Waals surface area contributed by atoms with Gasteiger partial charge in [0.25, 0.3) is 0 Å². The van der Waals surface area contributed by atoms with Gasteiger partial charge in [-0.1, -0.05) is 13.3 Å². The van der Waals surface area contributed by atoms with E-state index in [1.807, 2.05) is 6.20 Å². The molecule has 0 aliphatic heterocycles. The van der Waals surface area contributed by atoms with Crippen LogP contribution in [0.4, 0.5) is 5.95 Å². The standard InChI is InChI=1S/C8H13N3/c1-8(3-2-4-8)6-5-10-7(9)11-6/h5H,2-4H2,1H3,(H3,9,10,11). The molecule has 11 heavy (non-hydrogen) atoms. The Balaban J connectivity index is 2.28. The zero-order valence-electron chi connectivity index (χ0n) is 6.72. The number of aromatic amines is 1. The predicted octanol–water partition coefficient (Wildman–Crippen LogP) is 1.43. The fraction of sp³-hybridized carbons (Fsp3) is 0.625. The number of rotatable bonds is 1. The number of anilines is 1. The molecule has 1 aliphatic carbocycles. The Hall–Kier alpha value is -0.990. The van der Waals surface area contributed by atoms with E-state index < -0.39 is 0 Å². The van der Waals surface area contributed by atoms with E-state index in [-0.39, 0.29) is 0 Å². The topological polar surface area (TPSA) is 54.7 Å². The number of nitrogens with one attached hydrogen (secondary N) is 1. The Morgan fingerprint density at radius 2 is 2.36 bits per heavy atom. The summed E-state index contributed by atoms with van der Waals surface area (Å²) in [5, 5.41) is 0. The third kappa shape index (κ3) is 0.914. The maximum atomic E-state index is 5.49. The molecule has 0 aromatic carbocycles. The number of hydrogen-bond acceptors (Lipinski definition) is 2. The first-order valence-corrected chi connectivity index (χ1v) is 4.02. The SMILES string of the molecule is CC1(c2cnc(N)[nH]2)CCC1. The Labute approximate surface area is 66.0 Å². The van der Waals surface area contributed by atoms with Crippen molar-refractivity contribution in [2.45, 2.75) is 31.6 Å². The fourth-order valence-electron chi connectivity index (χ4n) is 1.62. The highest BCUT2D eigenvalue weighted by Gasteiger charge is 2.34. The molecule has 1 aromatic rings. The van der Waals surface area contributed by atoms with Crippen molar-refractivity contribution in [1.82, 2.24) is 9.97 Å². The van der Waals surface area contributed by atoms with Crippen molar-refractivity contribution in [3.8, 4) is 0 Å². The van der Waals surface area contributed by atoms with Crippen molar-refractivity contribution in [2.75, 3.05) is 5.73 Å². The quantitative estimate of drug-likeness (QED) is 0.638. The second kappa shape index (κ2) is 2.00. The van der Waals surface area contributed by atoms with E-state index in [4.69, 9.17) is 5.73 Å². The van der Waals surface area contributed by atoms with Gasteiger partial charge in [-0.15, -0.1) is 0 Å². The summed E-state index contributed by atoms with van der Waals surface area (Å²) in [4.78, 5) is 7.07. The third-order valence-electron chi connectivity index (χ3n) is 2.70. The highest BCUT2D eigenvalue weighted by atomic mass is 15.0. The Morgan fingerprint density at radius 1 is 1.64 bits per heavy atom. The first-order valence-electron chi connectivity index (χ1n) is 4.02. The summed E-state index contributed by atoms with van der Waals surface area (Å²) >= 11 is 0. The Morgan fingerprint density at radius 3 is 2.73 bits per heavy atom. The molecular formula is C8H13N3. The molecule has 2 rings (SSSR count). The van der Waals surface area contributed by atoms with Crippen LogP contribution in [0.2, 0.25) is 0 Å². The van der Waals surface area contributed by atoms with Crippen molar-refractivity contribution in [2.24, 2.45) is 0 Å². The Kier molecular flexibility index (Phi) is 1.22. The molecule has 3 heteroatoms. The fourth-order valence-corrected chi connectivity index (χ4v) is 1.62. The van der Waals surface area contributed by atoms with E-state index in [0.29, 0.717) is 11.4 Å². The molecule has 3 N–H and O–H groups in total. The van der Waals surface area contributed by atoms with Gasteiger partial charge in [0.15, 0.2) is 5.95 Å². The van der Waals surface area contributed by atoms with Gasteiger partial charge in [0, 0.05) is 11.1 Å². The van der Waals surface area contributed by atoms with E-state index in [1.54, 1.807) is 0 Å². The van der Waals surface area contributed by atoms with Gasteiger partial charge in [-0.05, 0) is 12.8 Å². The molecule has 0 radical (unpaired) electrons. The van der Waals surface area contributed by atoms with E-state index in [2.05, 4.69) is 16.9 Å². The van der Waals surface area contributed by atoms with Crippen molar-refractivity contribution in [1.29, 1.82) is 0 Å². The van der Waals surface area contributed by atoms with E-state index >= 15 is 0 Å². The van der Waals surface area contributed by atoms with Gasteiger partial charge in [0.2, 0.25) is 0 Å². The lowest BCUT2D eigenvalue weighted by molar-refractivity contribution is 0.265. The number of aromatic nitrogens is 2. The maximum absolute atomic E-state index is 5.49. The lowest BCUT2D eigenvalue weighted by atomic mass is 9.68. The molecule has 0 saturated heterocycles. The lowest BCUT2D eigenvalue weighted by Crippen LogP contribution is -2.30. The van der Waals surface area contributed by atoms with Crippen LogP contribution in [-0.2, 0) is 5.41 Å². The first-order chi connectivity index (χ1) is 5.21. The molecule has 1 heterocycles. The Bertz CT molecular complexity index is 260. The smallest absolute Gasteiger partial charge is 0.197 e. The molecule has 1 fully saturated rings. The largest absolute Gasteiger partial charge is 0.369 e. The van der Waals surface area contributed by atoms with Crippen LogP contribution in [0.15, 0.2) is 6.20 Å². The van der Waals surface area contributed by atoms with E-state index in [0.717, 1.165) is 0 Å². The molecule has 60 valence electrons. The van der Waals surface area contributed by atoms with Crippen LogP contribution >= 0.6 is 0 Å². The normalized spacial score (nSPS) is 21.2. The minimum absolute atomic E-state index is 0.338. The highest BCUT2D eigenvalue weighted by molar-refractivity contribution is 5.25. The second-order valence-corrected chi connectivity index (χ2v) is 3.60. The van der Waals surface area contributed by atoms with Crippen LogP contribution in [0.25, 0.3) is 0 Å².